The second kappa shape index (κ2) is 9.57. The summed E-state index contributed by atoms with van der Waals surface area (Å²) in [6.07, 6.45) is 4.53. The number of fused-ring (bicyclic) bond motifs is 1. The van der Waals surface area contributed by atoms with Crippen LogP contribution in [0.15, 0.2) is 54.9 Å². The first-order chi connectivity index (χ1) is 15.5. The van der Waals surface area contributed by atoms with Crippen LogP contribution in [0.3, 0.4) is 0 Å². The molecule has 0 unspecified atom stereocenters. The lowest BCUT2D eigenvalue weighted by molar-refractivity contribution is 0.0823. The second-order valence-electron chi connectivity index (χ2n) is 7.64. The third-order valence-corrected chi connectivity index (χ3v) is 4.95. The van der Waals surface area contributed by atoms with E-state index in [1.807, 2.05) is 36.4 Å². The Kier molecular flexibility index (Phi) is 6.42. The van der Waals surface area contributed by atoms with Crippen molar-refractivity contribution in [2.45, 2.75) is 12.8 Å². The quantitative estimate of drug-likeness (QED) is 0.416. The molecule has 8 heteroatoms. The summed E-state index contributed by atoms with van der Waals surface area (Å²) in [6.45, 7) is 0.535. The number of nitrogens with zero attached hydrogens (tertiary/aromatic N) is 4. The highest BCUT2D eigenvalue weighted by Crippen LogP contribution is 2.22. The highest BCUT2D eigenvalue weighted by molar-refractivity contribution is 5.97. The molecular weight excluding hydrogens is 406 g/mol. The van der Waals surface area contributed by atoms with E-state index in [-0.39, 0.29) is 12.5 Å². The fourth-order valence-corrected chi connectivity index (χ4v) is 3.35. The molecule has 0 aliphatic heterocycles. The number of ether oxygens (including phenoxy) is 1. The Hall–Kier alpha value is -3.78. The van der Waals surface area contributed by atoms with Gasteiger partial charge in [-0.15, -0.1) is 0 Å². The highest BCUT2D eigenvalue weighted by atomic mass is 16.5. The molecule has 0 radical (unpaired) electrons. The number of nitrogens with one attached hydrogen (secondary N) is 1. The first kappa shape index (κ1) is 21.5. The van der Waals surface area contributed by atoms with Crippen LogP contribution in [-0.2, 0) is 6.42 Å². The molecule has 1 amide bonds. The molecule has 0 aliphatic carbocycles. The predicted octanol–water partition coefficient (Wildman–Crippen LogP) is 3.07. The number of aliphatic hydroxyl groups excluding tert-OH is 1. The van der Waals surface area contributed by atoms with E-state index in [1.165, 1.54) is 0 Å². The van der Waals surface area contributed by atoms with Crippen LogP contribution in [0.1, 0.15) is 28.3 Å². The van der Waals surface area contributed by atoms with Gasteiger partial charge in [0, 0.05) is 62.9 Å². The monoisotopic (exact) mass is 431 g/mol. The van der Waals surface area contributed by atoms with E-state index in [4.69, 9.17) is 9.84 Å². The summed E-state index contributed by atoms with van der Waals surface area (Å²) in [5.41, 5.74) is 3.93. The number of aromatic amines is 1. The fraction of sp³-hybridized carbons (Fsp3) is 0.250. The van der Waals surface area contributed by atoms with Gasteiger partial charge in [-0.1, -0.05) is 6.07 Å². The summed E-state index contributed by atoms with van der Waals surface area (Å²) < 4.78 is 5.64. The number of benzene rings is 1. The van der Waals surface area contributed by atoms with Crippen LogP contribution in [0, 0.1) is 0 Å². The minimum absolute atomic E-state index is 0.0612. The normalized spacial score (nSPS) is 11.0. The van der Waals surface area contributed by atoms with Crippen LogP contribution in [0.25, 0.3) is 22.3 Å². The van der Waals surface area contributed by atoms with Crippen molar-refractivity contribution in [3.63, 3.8) is 0 Å². The molecule has 3 heterocycles. The van der Waals surface area contributed by atoms with Crippen molar-refractivity contribution in [3.05, 3.63) is 71.9 Å². The van der Waals surface area contributed by atoms with Gasteiger partial charge in [0.1, 0.15) is 17.3 Å². The van der Waals surface area contributed by atoms with E-state index in [9.17, 15) is 4.79 Å². The lowest BCUT2D eigenvalue weighted by Gasteiger charge is -2.07. The van der Waals surface area contributed by atoms with E-state index in [0.29, 0.717) is 48.1 Å². The largest absolute Gasteiger partial charge is 0.493 e. The Morgan fingerprint density at radius 3 is 2.72 bits per heavy atom. The smallest absolute Gasteiger partial charge is 0.269 e. The minimum Gasteiger partial charge on any atom is -0.493 e. The number of rotatable bonds is 8. The predicted molar refractivity (Wildman–Crippen MR) is 122 cm³/mol. The van der Waals surface area contributed by atoms with E-state index >= 15 is 0 Å². The summed E-state index contributed by atoms with van der Waals surface area (Å²) >= 11 is 0. The molecule has 2 N–H and O–H groups in total. The average Bonchev–Trinajstić information content (AvgIpc) is 3.22. The standard InChI is InChI=1S/C24H25N5O3/c1-29(2)24(31)22-14-17-12-16(4-5-19(17)27-22)13-23-26-9-7-20(28-23)21-15-18(6-8-25-21)32-11-3-10-30/h4-9,12,14-15,27,30H,3,10-11,13H2,1-2H3. The Labute approximate surface area is 185 Å². The summed E-state index contributed by atoms with van der Waals surface area (Å²) in [4.78, 5) is 30.4. The van der Waals surface area contributed by atoms with Crippen LogP contribution in [0.2, 0.25) is 0 Å². The molecule has 4 rings (SSSR count). The molecular formula is C24H25N5O3. The summed E-state index contributed by atoms with van der Waals surface area (Å²) in [5, 5.41) is 9.88. The molecule has 0 spiro atoms. The molecule has 0 fully saturated rings. The van der Waals surface area contributed by atoms with Gasteiger partial charge < -0.3 is 19.7 Å². The number of aliphatic hydroxyl groups is 1. The zero-order valence-corrected chi connectivity index (χ0v) is 18.1. The van der Waals surface area contributed by atoms with Gasteiger partial charge in [-0.05, 0) is 35.9 Å². The van der Waals surface area contributed by atoms with Gasteiger partial charge in [0.05, 0.1) is 18.0 Å². The van der Waals surface area contributed by atoms with Crippen LogP contribution < -0.4 is 4.74 Å². The molecule has 8 nitrogen and oxygen atoms in total. The molecule has 1 aromatic carbocycles. The van der Waals surface area contributed by atoms with Gasteiger partial charge in [0.2, 0.25) is 0 Å². The lowest BCUT2D eigenvalue weighted by atomic mass is 10.1. The van der Waals surface area contributed by atoms with Crippen LogP contribution in [0.5, 0.6) is 5.75 Å². The van der Waals surface area contributed by atoms with Crippen molar-refractivity contribution in [2.75, 3.05) is 27.3 Å². The zero-order chi connectivity index (χ0) is 22.5. The van der Waals surface area contributed by atoms with Crippen molar-refractivity contribution < 1.29 is 14.6 Å². The van der Waals surface area contributed by atoms with Gasteiger partial charge in [0.25, 0.3) is 5.91 Å². The molecule has 4 aromatic rings. The fourth-order valence-electron chi connectivity index (χ4n) is 3.35. The van der Waals surface area contributed by atoms with Crippen molar-refractivity contribution in [3.8, 4) is 17.1 Å². The van der Waals surface area contributed by atoms with Gasteiger partial charge in [0.15, 0.2) is 0 Å². The van der Waals surface area contributed by atoms with Crippen molar-refractivity contribution in [1.82, 2.24) is 24.8 Å². The SMILES string of the molecule is CN(C)C(=O)c1cc2cc(Cc3nccc(-c4cc(OCCCO)ccn4)n3)ccc2[nH]1. The zero-order valence-electron chi connectivity index (χ0n) is 18.1. The van der Waals surface area contributed by atoms with E-state index in [1.54, 1.807) is 37.5 Å². The van der Waals surface area contributed by atoms with Crippen LogP contribution in [-0.4, -0.2) is 63.2 Å². The van der Waals surface area contributed by atoms with E-state index < -0.39 is 0 Å². The van der Waals surface area contributed by atoms with Crippen molar-refractivity contribution in [2.24, 2.45) is 0 Å². The van der Waals surface area contributed by atoms with Crippen LogP contribution in [0.4, 0.5) is 0 Å². The van der Waals surface area contributed by atoms with E-state index in [2.05, 4.69) is 19.9 Å². The maximum atomic E-state index is 12.2. The highest BCUT2D eigenvalue weighted by Gasteiger charge is 2.12. The van der Waals surface area contributed by atoms with E-state index in [0.717, 1.165) is 16.5 Å². The van der Waals surface area contributed by atoms with Gasteiger partial charge in [-0.25, -0.2) is 9.97 Å². The molecule has 0 saturated heterocycles. The molecule has 164 valence electrons. The lowest BCUT2D eigenvalue weighted by Crippen LogP contribution is -2.21. The number of carbonyl (C=O) groups excluding carboxylic acids is 1. The average molecular weight is 431 g/mol. The maximum absolute atomic E-state index is 12.2. The second-order valence-corrected chi connectivity index (χ2v) is 7.64. The number of pyridine rings is 1. The van der Waals surface area contributed by atoms with Gasteiger partial charge >= 0.3 is 0 Å². The number of aromatic nitrogens is 4. The Morgan fingerprint density at radius 2 is 1.91 bits per heavy atom. The van der Waals surface area contributed by atoms with Gasteiger partial charge in [-0.3, -0.25) is 9.78 Å². The Bertz CT molecular complexity index is 1240. The number of carbonyl (C=O) groups is 1. The van der Waals surface area contributed by atoms with Gasteiger partial charge in [-0.2, -0.15) is 0 Å². The number of H-pyrrole nitrogens is 1. The first-order valence-electron chi connectivity index (χ1n) is 10.4. The Morgan fingerprint density at radius 1 is 1.06 bits per heavy atom. The van der Waals surface area contributed by atoms with Crippen LogP contribution >= 0.6 is 0 Å². The summed E-state index contributed by atoms with van der Waals surface area (Å²) in [7, 11) is 3.46. The molecule has 0 bridgehead atoms. The minimum atomic E-state index is -0.0612. The maximum Gasteiger partial charge on any atom is 0.269 e. The topological polar surface area (TPSA) is 104 Å². The third kappa shape index (κ3) is 4.92. The summed E-state index contributed by atoms with van der Waals surface area (Å²) in [6, 6.07) is 13.3. The first-order valence-corrected chi connectivity index (χ1v) is 10.4. The van der Waals surface area contributed by atoms with Crippen molar-refractivity contribution >= 4 is 16.8 Å². The number of hydrogen-bond acceptors (Lipinski definition) is 6. The third-order valence-electron chi connectivity index (χ3n) is 4.95. The molecule has 32 heavy (non-hydrogen) atoms. The molecule has 0 atom stereocenters. The number of amides is 1. The van der Waals surface area contributed by atoms with Crippen molar-refractivity contribution in [1.29, 1.82) is 0 Å². The molecule has 0 saturated carbocycles. The Balaban J connectivity index is 1.53. The summed E-state index contributed by atoms with van der Waals surface area (Å²) in [5.74, 6) is 1.30. The number of hydrogen-bond donors (Lipinski definition) is 2. The molecule has 3 aromatic heterocycles. The molecule has 0 aliphatic rings.